The molecule has 0 saturated carbocycles. The Bertz CT molecular complexity index is 966. The lowest BCUT2D eigenvalue weighted by Crippen LogP contribution is -2.51. The highest BCUT2D eigenvalue weighted by Gasteiger charge is 2.40. The molecule has 7 nitrogen and oxygen atoms in total. The smallest absolute Gasteiger partial charge is 0.259 e. The lowest BCUT2D eigenvalue weighted by Gasteiger charge is -2.48. The first-order valence-corrected chi connectivity index (χ1v) is 12.1. The molecule has 32 heavy (non-hydrogen) atoms. The monoisotopic (exact) mass is 461 g/mol. The molecule has 2 fully saturated rings. The summed E-state index contributed by atoms with van der Waals surface area (Å²) in [7, 11) is 1.74. The van der Waals surface area contributed by atoms with E-state index in [9.17, 15) is 4.79 Å². The number of halogens is 1. The average Bonchev–Trinajstić information content (AvgIpc) is 3.29. The molecule has 0 bridgehead atoms. The molecule has 0 radical (unpaired) electrons. The number of aryl methyl sites for hydroxylation is 2. The molecule has 2 aliphatic rings. The lowest BCUT2D eigenvalue weighted by atomic mass is 9.72. The molecule has 1 spiro atoms. The van der Waals surface area contributed by atoms with Crippen molar-refractivity contribution in [3.8, 4) is 11.4 Å². The van der Waals surface area contributed by atoms with Gasteiger partial charge in [0.15, 0.2) is 0 Å². The third-order valence-corrected chi connectivity index (χ3v) is 7.53. The van der Waals surface area contributed by atoms with Crippen LogP contribution in [0.15, 0.2) is 10.6 Å². The van der Waals surface area contributed by atoms with Crippen LogP contribution in [0.4, 0.5) is 0 Å². The van der Waals surface area contributed by atoms with Gasteiger partial charge in [-0.25, -0.2) is 0 Å². The van der Waals surface area contributed by atoms with Crippen LogP contribution < -0.4 is 0 Å². The van der Waals surface area contributed by atoms with Crippen molar-refractivity contribution in [2.45, 2.75) is 59.8 Å². The standard InChI is InChI=1S/C24H36ClN5O2/c1-17-15-18(27-32-17)20-19(21(25)28(5)26-20)22(31)30-13-9-24(10-14-30)7-6-11-29(16-24)12-8-23(2,3)4/h15H,6-14,16H2,1-5H3. The summed E-state index contributed by atoms with van der Waals surface area (Å²) in [5, 5.41) is 8.85. The third kappa shape index (κ3) is 4.88. The third-order valence-electron chi connectivity index (χ3n) is 7.09. The molecule has 0 N–H and O–H groups in total. The van der Waals surface area contributed by atoms with Gasteiger partial charge in [-0.2, -0.15) is 5.10 Å². The number of likely N-dealkylation sites (tertiary alicyclic amines) is 2. The van der Waals surface area contributed by atoms with Gasteiger partial charge in [0.2, 0.25) is 0 Å². The van der Waals surface area contributed by atoms with Gasteiger partial charge in [-0.15, -0.1) is 0 Å². The maximum absolute atomic E-state index is 13.5. The van der Waals surface area contributed by atoms with Crippen LogP contribution in [0, 0.1) is 17.8 Å². The van der Waals surface area contributed by atoms with Gasteiger partial charge in [-0.1, -0.05) is 37.5 Å². The Morgan fingerprint density at radius 2 is 1.94 bits per heavy atom. The first-order valence-electron chi connectivity index (χ1n) is 11.7. The molecule has 176 valence electrons. The minimum Gasteiger partial charge on any atom is -0.361 e. The Kier molecular flexibility index (Phi) is 6.43. The summed E-state index contributed by atoms with van der Waals surface area (Å²) < 4.78 is 6.74. The maximum atomic E-state index is 13.5. The zero-order valence-electron chi connectivity index (χ0n) is 20.1. The lowest BCUT2D eigenvalue weighted by molar-refractivity contribution is 0.0194. The van der Waals surface area contributed by atoms with E-state index in [-0.39, 0.29) is 5.91 Å². The average molecular weight is 462 g/mol. The summed E-state index contributed by atoms with van der Waals surface area (Å²) in [6.07, 6.45) is 5.82. The van der Waals surface area contributed by atoms with E-state index >= 15 is 0 Å². The highest BCUT2D eigenvalue weighted by Crippen LogP contribution is 2.41. The van der Waals surface area contributed by atoms with Gasteiger partial charge in [0, 0.05) is 32.7 Å². The molecule has 1 amide bonds. The van der Waals surface area contributed by atoms with Crippen LogP contribution in [-0.2, 0) is 7.05 Å². The molecular weight excluding hydrogens is 426 g/mol. The first-order chi connectivity index (χ1) is 15.1. The molecule has 4 heterocycles. The van der Waals surface area contributed by atoms with Gasteiger partial charge in [-0.05, 0) is 62.9 Å². The molecular formula is C24H36ClN5O2. The molecule has 0 atom stereocenters. The van der Waals surface area contributed by atoms with E-state index in [0.29, 0.717) is 38.7 Å². The first kappa shape index (κ1) is 23.3. The van der Waals surface area contributed by atoms with Crippen molar-refractivity contribution in [1.82, 2.24) is 24.7 Å². The highest BCUT2D eigenvalue weighted by atomic mass is 35.5. The summed E-state index contributed by atoms with van der Waals surface area (Å²) in [4.78, 5) is 18.1. The van der Waals surface area contributed by atoms with E-state index in [2.05, 4.69) is 35.9 Å². The zero-order valence-corrected chi connectivity index (χ0v) is 20.8. The minimum absolute atomic E-state index is 0.0611. The molecule has 0 unspecified atom stereocenters. The van der Waals surface area contributed by atoms with Crippen molar-refractivity contribution in [2.24, 2.45) is 17.9 Å². The molecule has 2 aromatic rings. The van der Waals surface area contributed by atoms with E-state index in [1.807, 2.05) is 11.8 Å². The van der Waals surface area contributed by atoms with Crippen molar-refractivity contribution >= 4 is 17.5 Å². The fraction of sp³-hybridized carbons (Fsp3) is 0.708. The molecule has 0 aromatic carbocycles. The van der Waals surface area contributed by atoms with E-state index in [4.69, 9.17) is 16.1 Å². The van der Waals surface area contributed by atoms with Crippen molar-refractivity contribution in [2.75, 3.05) is 32.7 Å². The second kappa shape index (κ2) is 8.82. The van der Waals surface area contributed by atoms with Crippen LogP contribution in [-0.4, -0.2) is 63.4 Å². The van der Waals surface area contributed by atoms with E-state index in [1.165, 1.54) is 37.0 Å². The maximum Gasteiger partial charge on any atom is 0.259 e. The predicted octanol–water partition coefficient (Wildman–Crippen LogP) is 4.79. The van der Waals surface area contributed by atoms with E-state index in [1.54, 1.807) is 13.1 Å². The largest absolute Gasteiger partial charge is 0.361 e. The fourth-order valence-corrected chi connectivity index (χ4v) is 5.30. The molecule has 2 aliphatic heterocycles. The number of hydrogen-bond acceptors (Lipinski definition) is 5. The SMILES string of the molecule is Cc1cc(-c2nn(C)c(Cl)c2C(=O)N2CCC3(CCCN(CCC(C)(C)C)C3)CC2)no1. The second-order valence-electron chi connectivity index (χ2n) is 10.9. The van der Waals surface area contributed by atoms with Crippen LogP contribution >= 0.6 is 11.6 Å². The summed E-state index contributed by atoms with van der Waals surface area (Å²) in [6, 6.07) is 1.79. The highest BCUT2D eigenvalue weighted by molar-refractivity contribution is 6.33. The summed E-state index contributed by atoms with van der Waals surface area (Å²) in [5.41, 5.74) is 2.16. The van der Waals surface area contributed by atoms with Gasteiger partial charge in [0.1, 0.15) is 27.9 Å². The topological polar surface area (TPSA) is 67.4 Å². The van der Waals surface area contributed by atoms with E-state index in [0.717, 1.165) is 32.5 Å². The zero-order chi connectivity index (χ0) is 23.1. The van der Waals surface area contributed by atoms with Crippen LogP contribution in [0.3, 0.4) is 0 Å². The summed E-state index contributed by atoms with van der Waals surface area (Å²) >= 11 is 6.51. The Labute approximate surface area is 196 Å². The number of nitrogens with zero attached hydrogens (tertiary/aromatic N) is 5. The van der Waals surface area contributed by atoms with Crippen LogP contribution in [0.25, 0.3) is 11.4 Å². The second-order valence-corrected chi connectivity index (χ2v) is 11.3. The molecule has 2 saturated heterocycles. The van der Waals surface area contributed by atoms with Crippen molar-refractivity contribution in [3.05, 3.63) is 22.5 Å². The van der Waals surface area contributed by atoms with Gasteiger partial charge in [0.05, 0.1) is 0 Å². The van der Waals surface area contributed by atoms with Crippen LogP contribution in [0.1, 0.15) is 69.0 Å². The molecule has 0 aliphatic carbocycles. The van der Waals surface area contributed by atoms with E-state index < -0.39 is 0 Å². The Morgan fingerprint density at radius 1 is 1.22 bits per heavy atom. The normalized spacial score (nSPS) is 19.6. The van der Waals surface area contributed by atoms with Gasteiger partial charge in [0.25, 0.3) is 5.91 Å². The summed E-state index contributed by atoms with van der Waals surface area (Å²) in [5.74, 6) is 0.613. The minimum atomic E-state index is -0.0611. The number of carbonyl (C=O) groups is 1. The van der Waals surface area contributed by atoms with Gasteiger partial charge >= 0.3 is 0 Å². The fourth-order valence-electron chi connectivity index (χ4n) is 5.10. The number of rotatable bonds is 4. The summed E-state index contributed by atoms with van der Waals surface area (Å²) in [6.45, 7) is 13.8. The number of hydrogen-bond donors (Lipinski definition) is 0. The van der Waals surface area contributed by atoms with Gasteiger partial charge in [-0.3, -0.25) is 9.48 Å². The quantitative estimate of drug-likeness (QED) is 0.654. The van der Waals surface area contributed by atoms with Crippen molar-refractivity contribution < 1.29 is 9.32 Å². The molecule has 4 rings (SSSR count). The molecule has 8 heteroatoms. The Balaban J connectivity index is 1.44. The number of aromatic nitrogens is 3. The predicted molar refractivity (Wildman–Crippen MR) is 126 cm³/mol. The number of amides is 1. The van der Waals surface area contributed by atoms with Gasteiger partial charge < -0.3 is 14.3 Å². The van der Waals surface area contributed by atoms with Crippen LogP contribution in [0.5, 0.6) is 0 Å². The van der Waals surface area contributed by atoms with Crippen molar-refractivity contribution in [3.63, 3.8) is 0 Å². The van der Waals surface area contributed by atoms with Crippen LogP contribution in [0.2, 0.25) is 5.15 Å². The number of piperidine rings is 2. The molecule has 2 aromatic heterocycles. The Morgan fingerprint density at radius 3 is 2.56 bits per heavy atom. The van der Waals surface area contributed by atoms with Crippen molar-refractivity contribution in [1.29, 1.82) is 0 Å². The Hall–Kier alpha value is -1.86. The number of carbonyl (C=O) groups excluding carboxylic acids is 1.